The predicted molar refractivity (Wildman–Crippen MR) is 124 cm³/mol. The number of nitrogens with zero attached hydrogens (tertiary/aromatic N) is 3. The van der Waals surface area contributed by atoms with Gasteiger partial charge in [0.2, 0.25) is 11.8 Å². The van der Waals surface area contributed by atoms with Crippen molar-refractivity contribution < 1.29 is 14.4 Å². The number of primary amides is 1. The predicted octanol–water partition coefficient (Wildman–Crippen LogP) is 2.67. The Balaban J connectivity index is 1.32. The van der Waals surface area contributed by atoms with E-state index in [1.165, 1.54) is 0 Å². The number of fused-ring (bicyclic) bond motifs is 2. The molecule has 3 amide bonds. The number of hydrogen-bond acceptors (Lipinski definition) is 4. The zero-order valence-corrected chi connectivity index (χ0v) is 19.4. The highest BCUT2D eigenvalue weighted by molar-refractivity contribution is 5.95. The highest BCUT2D eigenvalue weighted by Crippen LogP contribution is 2.42. The van der Waals surface area contributed by atoms with Crippen LogP contribution in [0, 0.1) is 23.2 Å². The maximum atomic E-state index is 13.0. The van der Waals surface area contributed by atoms with E-state index in [4.69, 9.17) is 5.73 Å². The van der Waals surface area contributed by atoms with Gasteiger partial charge in [0.05, 0.1) is 0 Å². The summed E-state index contributed by atoms with van der Waals surface area (Å²) in [6, 6.07) is 5.63. The quantitative estimate of drug-likeness (QED) is 0.748. The van der Waals surface area contributed by atoms with Crippen molar-refractivity contribution in [1.29, 1.82) is 0 Å². The van der Waals surface area contributed by atoms with E-state index >= 15 is 0 Å². The van der Waals surface area contributed by atoms with Crippen molar-refractivity contribution in [3.05, 3.63) is 35.8 Å². The van der Waals surface area contributed by atoms with Gasteiger partial charge in [-0.1, -0.05) is 13.8 Å². The van der Waals surface area contributed by atoms with Crippen molar-refractivity contribution in [2.75, 3.05) is 18.4 Å². The van der Waals surface area contributed by atoms with Crippen LogP contribution in [-0.4, -0.2) is 45.3 Å². The Morgan fingerprint density at radius 2 is 1.85 bits per heavy atom. The van der Waals surface area contributed by atoms with Gasteiger partial charge in [-0.2, -0.15) is 0 Å². The molecule has 3 N–H and O–H groups in total. The van der Waals surface area contributed by atoms with Crippen LogP contribution in [0.2, 0.25) is 0 Å². The lowest BCUT2D eigenvalue weighted by Crippen LogP contribution is -2.29. The van der Waals surface area contributed by atoms with E-state index in [1.807, 2.05) is 27.7 Å². The number of anilines is 1. The molecule has 0 radical (unpaired) electrons. The fourth-order valence-corrected chi connectivity index (χ4v) is 6.02. The molecule has 174 valence electrons. The number of nitrogens with one attached hydrogen (secondary N) is 1. The SMILES string of the molecule is CC(=O)N1C[C@H]2CC(C(=O)Nc3cc(-c4cc(C(N)=O)n5c4CC(C)(C)C5)ccn3)C[C@H]2C1. The van der Waals surface area contributed by atoms with E-state index in [2.05, 4.69) is 24.1 Å². The molecule has 5 rings (SSSR count). The van der Waals surface area contributed by atoms with Crippen molar-refractivity contribution in [3.8, 4) is 11.1 Å². The highest BCUT2D eigenvalue weighted by atomic mass is 16.2. The molecule has 1 saturated carbocycles. The summed E-state index contributed by atoms with van der Waals surface area (Å²) < 4.78 is 2.03. The molecule has 0 aromatic carbocycles. The van der Waals surface area contributed by atoms with Gasteiger partial charge in [-0.3, -0.25) is 14.4 Å². The van der Waals surface area contributed by atoms with E-state index in [-0.39, 0.29) is 23.1 Å². The Morgan fingerprint density at radius 3 is 2.48 bits per heavy atom. The number of carbonyl (C=O) groups excluding carboxylic acids is 3. The molecule has 4 heterocycles. The van der Waals surface area contributed by atoms with Gasteiger partial charge in [-0.25, -0.2) is 4.98 Å². The van der Waals surface area contributed by atoms with Gasteiger partial charge in [0.1, 0.15) is 11.5 Å². The Bertz CT molecular complexity index is 1140. The second kappa shape index (κ2) is 7.71. The highest BCUT2D eigenvalue weighted by Gasteiger charge is 2.44. The number of rotatable bonds is 4. The molecule has 8 heteroatoms. The Labute approximate surface area is 193 Å². The topological polar surface area (TPSA) is 110 Å². The zero-order chi connectivity index (χ0) is 23.5. The van der Waals surface area contributed by atoms with Crippen LogP contribution in [0.3, 0.4) is 0 Å². The third kappa shape index (κ3) is 3.92. The standard InChI is InChI=1S/C25H31N5O3/c1-14(31)29-11-17-6-16(7-18(17)12-29)24(33)28-22-8-15(4-5-27-22)19-9-20(23(26)32)30-13-25(2,3)10-21(19)30/h4-5,8-9,16-18H,6-7,10-13H2,1-3H3,(H2,26,32)(H,27,28,33)/t16?,17-,18+. The lowest BCUT2D eigenvalue weighted by Gasteiger charge is -2.17. The molecular weight excluding hydrogens is 418 g/mol. The number of hydrogen-bond donors (Lipinski definition) is 2. The van der Waals surface area contributed by atoms with Crippen LogP contribution in [-0.2, 0) is 22.6 Å². The molecule has 1 aliphatic carbocycles. The van der Waals surface area contributed by atoms with Crippen LogP contribution >= 0.6 is 0 Å². The minimum atomic E-state index is -0.432. The second-order valence-electron chi connectivity index (χ2n) is 10.7. The Kier molecular flexibility index (Phi) is 5.06. The number of likely N-dealkylation sites (tertiary alicyclic amines) is 1. The molecular formula is C25H31N5O3. The minimum Gasteiger partial charge on any atom is -0.364 e. The van der Waals surface area contributed by atoms with Gasteiger partial charge in [0.25, 0.3) is 5.91 Å². The van der Waals surface area contributed by atoms with Crippen LogP contribution in [0.15, 0.2) is 24.4 Å². The maximum Gasteiger partial charge on any atom is 0.265 e. The van der Waals surface area contributed by atoms with Gasteiger partial charge in [-0.15, -0.1) is 0 Å². The van der Waals surface area contributed by atoms with E-state index in [0.29, 0.717) is 23.3 Å². The van der Waals surface area contributed by atoms with Crippen molar-refractivity contribution in [2.45, 2.75) is 46.6 Å². The lowest BCUT2D eigenvalue weighted by molar-refractivity contribution is -0.128. The van der Waals surface area contributed by atoms with E-state index in [1.54, 1.807) is 13.1 Å². The third-order valence-electron chi connectivity index (χ3n) is 7.58. The van der Waals surface area contributed by atoms with E-state index < -0.39 is 5.91 Å². The molecule has 3 atom stereocenters. The van der Waals surface area contributed by atoms with Crippen LogP contribution in [0.5, 0.6) is 0 Å². The average Bonchev–Trinajstić information content (AvgIpc) is 3.45. The average molecular weight is 450 g/mol. The summed E-state index contributed by atoms with van der Waals surface area (Å²) in [5, 5.41) is 3.00. The van der Waals surface area contributed by atoms with Crippen molar-refractivity contribution in [2.24, 2.45) is 28.9 Å². The number of amides is 3. The molecule has 2 aromatic rings. The number of nitrogens with two attached hydrogens (primary N) is 1. The van der Waals surface area contributed by atoms with Gasteiger partial charge < -0.3 is 20.5 Å². The molecule has 2 aliphatic heterocycles. The molecule has 8 nitrogen and oxygen atoms in total. The smallest absolute Gasteiger partial charge is 0.265 e. The normalized spacial score (nSPS) is 25.1. The van der Waals surface area contributed by atoms with Gasteiger partial charge >= 0.3 is 0 Å². The van der Waals surface area contributed by atoms with Crippen LogP contribution in [0.4, 0.5) is 5.82 Å². The minimum absolute atomic E-state index is 0.00973. The fourth-order valence-electron chi connectivity index (χ4n) is 6.02. The molecule has 33 heavy (non-hydrogen) atoms. The number of aromatic nitrogens is 2. The molecule has 2 fully saturated rings. The summed E-state index contributed by atoms with van der Waals surface area (Å²) >= 11 is 0. The molecule has 3 aliphatic rings. The third-order valence-corrected chi connectivity index (χ3v) is 7.58. The summed E-state index contributed by atoms with van der Waals surface area (Å²) in [5.74, 6) is 0.944. The number of carbonyl (C=O) groups is 3. The van der Waals surface area contributed by atoms with Crippen LogP contribution in [0.1, 0.15) is 49.8 Å². The van der Waals surface area contributed by atoms with Gasteiger partial charge in [0, 0.05) is 49.9 Å². The number of pyridine rings is 1. The monoisotopic (exact) mass is 449 g/mol. The molecule has 1 saturated heterocycles. The largest absolute Gasteiger partial charge is 0.364 e. The van der Waals surface area contributed by atoms with E-state index in [9.17, 15) is 14.4 Å². The van der Waals surface area contributed by atoms with Crippen molar-refractivity contribution in [3.63, 3.8) is 0 Å². The van der Waals surface area contributed by atoms with Gasteiger partial charge in [0.15, 0.2) is 0 Å². The molecule has 2 aromatic heterocycles. The summed E-state index contributed by atoms with van der Waals surface area (Å²) in [6.45, 7) is 8.24. The van der Waals surface area contributed by atoms with Gasteiger partial charge in [-0.05, 0) is 60.3 Å². The summed E-state index contributed by atoms with van der Waals surface area (Å²) in [5.41, 5.74) is 9.19. The fraction of sp³-hybridized carbons (Fsp3) is 0.520. The lowest BCUT2D eigenvalue weighted by atomic mass is 9.89. The summed E-state index contributed by atoms with van der Waals surface area (Å²) in [6.07, 6.45) is 4.16. The van der Waals surface area contributed by atoms with E-state index in [0.717, 1.165) is 55.7 Å². The Hall–Kier alpha value is -3.16. The van der Waals surface area contributed by atoms with Crippen LogP contribution < -0.4 is 11.1 Å². The Morgan fingerprint density at radius 1 is 1.15 bits per heavy atom. The molecule has 0 bridgehead atoms. The maximum absolute atomic E-state index is 13.0. The first-order chi connectivity index (χ1) is 15.6. The zero-order valence-electron chi connectivity index (χ0n) is 19.4. The second-order valence-corrected chi connectivity index (χ2v) is 10.7. The molecule has 1 unspecified atom stereocenters. The first-order valence-corrected chi connectivity index (χ1v) is 11.7. The van der Waals surface area contributed by atoms with Crippen molar-refractivity contribution in [1.82, 2.24) is 14.5 Å². The first-order valence-electron chi connectivity index (χ1n) is 11.7. The van der Waals surface area contributed by atoms with Crippen molar-refractivity contribution >= 4 is 23.5 Å². The molecule has 0 spiro atoms. The first kappa shape index (κ1) is 21.7. The summed E-state index contributed by atoms with van der Waals surface area (Å²) in [4.78, 5) is 42.9. The van der Waals surface area contributed by atoms with Crippen LogP contribution in [0.25, 0.3) is 11.1 Å². The summed E-state index contributed by atoms with van der Waals surface area (Å²) in [7, 11) is 0.